The number of hydrogen-bond donors (Lipinski definition) is 3. The van der Waals surface area contributed by atoms with Crippen LogP contribution in [0.2, 0.25) is 0 Å². The van der Waals surface area contributed by atoms with Gasteiger partial charge >= 0.3 is 0 Å². The van der Waals surface area contributed by atoms with Crippen LogP contribution in [0.15, 0.2) is 24.3 Å². The molecule has 0 saturated carbocycles. The first-order valence-corrected chi connectivity index (χ1v) is 5.08. The molecular formula is C11H19N3. The molecule has 14 heavy (non-hydrogen) atoms. The van der Waals surface area contributed by atoms with E-state index >= 15 is 0 Å². The Morgan fingerprint density at radius 3 is 2.64 bits per heavy atom. The fraction of sp³-hybridized carbons (Fsp3) is 0.455. The van der Waals surface area contributed by atoms with Crippen molar-refractivity contribution in [1.29, 1.82) is 0 Å². The third-order valence-corrected chi connectivity index (χ3v) is 2.18. The maximum atomic E-state index is 5.80. The summed E-state index contributed by atoms with van der Waals surface area (Å²) in [5.41, 5.74) is 13.2. The minimum absolute atomic E-state index is 0.773. The quantitative estimate of drug-likeness (QED) is 0.468. The zero-order valence-corrected chi connectivity index (χ0v) is 8.50. The van der Waals surface area contributed by atoms with Gasteiger partial charge in [0.25, 0.3) is 0 Å². The molecule has 0 heterocycles. The monoisotopic (exact) mass is 193 g/mol. The number of anilines is 1. The minimum Gasteiger partial charge on any atom is -0.398 e. The fourth-order valence-electron chi connectivity index (χ4n) is 1.31. The van der Waals surface area contributed by atoms with Gasteiger partial charge in [0.1, 0.15) is 0 Å². The van der Waals surface area contributed by atoms with E-state index in [-0.39, 0.29) is 0 Å². The van der Waals surface area contributed by atoms with Crippen LogP contribution in [0.1, 0.15) is 18.4 Å². The Morgan fingerprint density at radius 2 is 1.93 bits per heavy atom. The predicted molar refractivity (Wildman–Crippen MR) is 60.8 cm³/mol. The number of rotatable bonds is 6. The summed E-state index contributed by atoms with van der Waals surface area (Å²) in [5.74, 6) is 0. The third kappa shape index (κ3) is 3.77. The van der Waals surface area contributed by atoms with Gasteiger partial charge in [0.05, 0.1) is 0 Å². The molecule has 1 rings (SSSR count). The lowest BCUT2D eigenvalue weighted by Gasteiger charge is -2.06. The summed E-state index contributed by atoms with van der Waals surface area (Å²) in [7, 11) is 0. The van der Waals surface area contributed by atoms with E-state index in [9.17, 15) is 0 Å². The predicted octanol–water partition coefficient (Wildman–Crippen LogP) is 1.10. The number of para-hydroxylation sites is 1. The van der Waals surface area contributed by atoms with Gasteiger partial charge < -0.3 is 16.8 Å². The zero-order valence-electron chi connectivity index (χ0n) is 8.50. The molecule has 3 heteroatoms. The van der Waals surface area contributed by atoms with Crippen molar-refractivity contribution in [2.45, 2.75) is 19.4 Å². The highest BCUT2D eigenvalue weighted by Crippen LogP contribution is 2.09. The van der Waals surface area contributed by atoms with Gasteiger partial charge in [-0.15, -0.1) is 0 Å². The number of unbranched alkanes of at least 4 members (excludes halogenated alkanes) is 1. The van der Waals surface area contributed by atoms with Crippen molar-refractivity contribution in [3.63, 3.8) is 0 Å². The van der Waals surface area contributed by atoms with Gasteiger partial charge in [0.2, 0.25) is 0 Å². The van der Waals surface area contributed by atoms with Crippen molar-refractivity contribution < 1.29 is 0 Å². The Hall–Kier alpha value is -1.06. The minimum atomic E-state index is 0.773. The van der Waals surface area contributed by atoms with Crippen LogP contribution in [0.3, 0.4) is 0 Å². The molecule has 0 spiro atoms. The first-order valence-electron chi connectivity index (χ1n) is 5.08. The second kappa shape index (κ2) is 6.40. The molecule has 0 unspecified atom stereocenters. The Kier molecular flexibility index (Phi) is 5.04. The van der Waals surface area contributed by atoms with Gasteiger partial charge in [-0.1, -0.05) is 18.2 Å². The maximum absolute atomic E-state index is 5.80. The van der Waals surface area contributed by atoms with Crippen LogP contribution in [-0.2, 0) is 6.54 Å². The lowest BCUT2D eigenvalue weighted by atomic mass is 10.2. The first-order chi connectivity index (χ1) is 6.84. The van der Waals surface area contributed by atoms with E-state index in [4.69, 9.17) is 11.5 Å². The number of benzene rings is 1. The van der Waals surface area contributed by atoms with Gasteiger partial charge in [-0.05, 0) is 37.6 Å². The van der Waals surface area contributed by atoms with Gasteiger partial charge in [0, 0.05) is 12.2 Å². The molecule has 0 saturated heterocycles. The Morgan fingerprint density at radius 1 is 1.14 bits per heavy atom. The summed E-state index contributed by atoms with van der Waals surface area (Å²) in [6.45, 7) is 2.62. The van der Waals surface area contributed by atoms with E-state index < -0.39 is 0 Å². The van der Waals surface area contributed by atoms with Crippen LogP contribution in [-0.4, -0.2) is 13.1 Å². The molecule has 78 valence electrons. The summed E-state index contributed by atoms with van der Waals surface area (Å²) < 4.78 is 0. The average molecular weight is 193 g/mol. The van der Waals surface area contributed by atoms with Crippen molar-refractivity contribution in [3.8, 4) is 0 Å². The van der Waals surface area contributed by atoms with E-state index in [1.54, 1.807) is 0 Å². The van der Waals surface area contributed by atoms with Crippen molar-refractivity contribution in [2.75, 3.05) is 18.8 Å². The van der Waals surface area contributed by atoms with Crippen molar-refractivity contribution in [2.24, 2.45) is 5.73 Å². The second-order valence-electron chi connectivity index (χ2n) is 3.37. The number of nitrogen functional groups attached to an aromatic ring is 1. The maximum Gasteiger partial charge on any atom is 0.0359 e. The van der Waals surface area contributed by atoms with Gasteiger partial charge in [-0.25, -0.2) is 0 Å². The molecule has 0 fully saturated rings. The topological polar surface area (TPSA) is 64.1 Å². The Labute approximate surface area is 85.5 Å². The molecule has 5 N–H and O–H groups in total. The summed E-state index contributed by atoms with van der Waals surface area (Å²) in [5, 5.41) is 3.34. The highest BCUT2D eigenvalue weighted by molar-refractivity contribution is 5.46. The SMILES string of the molecule is NCCCCNCc1ccccc1N. The molecule has 0 bridgehead atoms. The van der Waals surface area contributed by atoms with Crippen LogP contribution < -0.4 is 16.8 Å². The van der Waals surface area contributed by atoms with Crippen LogP contribution >= 0.6 is 0 Å². The van der Waals surface area contributed by atoms with Crippen LogP contribution in [0.25, 0.3) is 0 Å². The zero-order chi connectivity index (χ0) is 10.2. The molecule has 3 nitrogen and oxygen atoms in total. The summed E-state index contributed by atoms with van der Waals surface area (Å²) in [6, 6.07) is 7.93. The van der Waals surface area contributed by atoms with Crippen molar-refractivity contribution in [3.05, 3.63) is 29.8 Å². The molecule has 0 aromatic heterocycles. The lowest BCUT2D eigenvalue weighted by molar-refractivity contribution is 0.628. The number of nitrogens with two attached hydrogens (primary N) is 2. The second-order valence-corrected chi connectivity index (χ2v) is 3.37. The summed E-state index contributed by atoms with van der Waals surface area (Å²) >= 11 is 0. The Bertz CT molecular complexity index is 260. The van der Waals surface area contributed by atoms with Gasteiger partial charge in [0.15, 0.2) is 0 Å². The van der Waals surface area contributed by atoms with E-state index in [1.807, 2.05) is 24.3 Å². The van der Waals surface area contributed by atoms with Crippen LogP contribution in [0.4, 0.5) is 5.69 Å². The number of hydrogen-bond acceptors (Lipinski definition) is 3. The molecule has 0 amide bonds. The van der Waals surface area contributed by atoms with Crippen molar-refractivity contribution >= 4 is 5.69 Å². The average Bonchev–Trinajstić information content (AvgIpc) is 2.20. The van der Waals surface area contributed by atoms with E-state index in [2.05, 4.69) is 5.32 Å². The molecule has 0 aliphatic heterocycles. The lowest BCUT2D eigenvalue weighted by Crippen LogP contribution is -2.16. The highest BCUT2D eigenvalue weighted by atomic mass is 14.8. The Balaban J connectivity index is 2.21. The van der Waals surface area contributed by atoms with E-state index in [0.29, 0.717) is 0 Å². The molecule has 1 aromatic rings. The third-order valence-electron chi connectivity index (χ3n) is 2.18. The largest absolute Gasteiger partial charge is 0.398 e. The smallest absolute Gasteiger partial charge is 0.0359 e. The molecular weight excluding hydrogens is 174 g/mol. The van der Waals surface area contributed by atoms with E-state index in [0.717, 1.165) is 38.2 Å². The molecule has 0 radical (unpaired) electrons. The first kappa shape index (κ1) is 11.0. The van der Waals surface area contributed by atoms with Gasteiger partial charge in [-0.2, -0.15) is 0 Å². The normalized spacial score (nSPS) is 10.4. The fourth-order valence-corrected chi connectivity index (χ4v) is 1.31. The highest BCUT2D eigenvalue weighted by Gasteiger charge is 1.95. The molecule has 1 aromatic carbocycles. The molecule has 0 aliphatic carbocycles. The number of nitrogens with one attached hydrogen (secondary N) is 1. The van der Waals surface area contributed by atoms with Crippen LogP contribution in [0, 0.1) is 0 Å². The summed E-state index contributed by atoms with van der Waals surface area (Å²) in [6.07, 6.45) is 2.21. The van der Waals surface area contributed by atoms with E-state index in [1.165, 1.54) is 5.56 Å². The standard InChI is InChI=1S/C11H19N3/c12-7-3-4-8-14-9-10-5-1-2-6-11(10)13/h1-2,5-6,14H,3-4,7-9,12-13H2. The van der Waals surface area contributed by atoms with Crippen LogP contribution in [0.5, 0.6) is 0 Å². The van der Waals surface area contributed by atoms with Crippen molar-refractivity contribution in [1.82, 2.24) is 5.32 Å². The summed E-state index contributed by atoms with van der Waals surface area (Å²) in [4.78, 5) is 0. The molecule has 0 aliphatic rings. The molecule has 0 atom stereocenters. The van der Waals surface area contributed by atoms with Gasteiger partial charge in [-0.3, -0.25) is 0 Å².